The summed E-state index contributed by atoms with van der Waals surface area (Å²) in [5, 5.41) is 3.42. The molecule has 0 aliphatic carbocycles. The van der Waals surface area contributed by atoms with E-state index in [4.69, 9.17) is 0 Å². The zero-order chi connectivity index (χ0) is 11.4. The molecule has 1 N–H and O–H groups in total. The van der Waals surface area contributed by atoms with E-state index in [1.165, 1.54) is 28.2 Å². The molecular weight excluding hydrogens is 202 g/mol. The van der Waals surface area contributed by atoms with Crippen molar-refractivity contribution in [1.29, 1.82) is 0 Å². The maximum absolute atomic E-state index is 3.42. The van der Waals surface area contributed by atoms with E-state index in [1.54, 1.807) is 0 Å². The minimum absolute atomic E-state index is 0.546. The fourth-order valence-electron chi connectivity index (χ4n) is 1.70. The van der Waals surface area contributed by atoms with Crippen LogP contribution in [0.2, 0.25) is 0 Å². The van der Waals surface area contributed by atoms with Crippen LogP contribution in [0.4, 0.5) is 0 Å². The molecule has 2 heteroatoms. The van der Waals surface area contributed by atoms with Crippen LogP contribution >= 0.6 is 11.3 Å². The second-order valence-corrected chi connectivity index (χ2v) is 5.99. The summed E-state index contributed by atoms with van der Waals surface area (Å²) in [5.41, 5.74) is 1.43. The Bertz CT molecular complexity index is 282. The lowest BCUT2D eigenvalue weighted by molar-refractivity contribution is 0.469. The molecular formula is C13H23NS. The summed E-state index contributed by atoms with van der Waals surface area (Å²) < 4.78 is 0. The molecule has 0 fully saturated rings. The number of nitrogens with one attached hydrogen (secondary N) is 1. The van der Waals surface area contributed by atoms with E-state index in [0.29, 0.717) is 6.04 Å². The smallest absolute Gasteiger partial charge is 0.0412 e. The number of rotatable bonds is 5. The lowest BCUT2D eigenvalue weighted by Crippen LogP contribution is -2.15. The zero-order valence-electron chi connectivity index (χ0n) is 10.6. The van der Waals surface area contributed by atoms with E-state index in [2.05, 4.69) is 46.1 Å². The number of thiophene rings is 1. The summed E-state index contributed by atoms with van der Waals surface area (Å²) in [6.45, 7) is 8.98. The summed E-state index contributed by atoms with van der Waals surface area (Å²) in [5.74, 6) is 0.794. The average Bonchev–Trinajstić information content (AvgIpc) is 2.47. The zero-order valence-corrected chi connectivity index (χ0v) is 11.4. The van der Waals surface area contributed by atoms with Crippen LogP contribution in [-0.4, -0.2) is 7.05 Å². The first-order valence-electron chi connectivity index (χ1n) is 5.78. The number of aryl methyl sites for hydroxylation is 2. The van der Waals surface area contributed by atoms with Gasteiger partial charge in [-0.25, -0.2) is 0 Å². The largest absolute Gasteiger partial charge is 0.312 e. The molecule has 86 valence electrons. The van der Waals surface area contributed by atoms with Crippen molar-refractivity contribution < 1.29 is 0 Å². The highest BCUT2D eigenvalue weighted by Gasteiger charge is 2.13. The third-order valence-corrected chi connectivity index (χ3v) is 4.18. The summed E-state index contributed by atoms with van der Waals surface area (Å²) >= 11 is 1.94. The third-order valence-electron chi connectivity index (χ3n) is 2.91. The highest BCUT2D eigenvalue weighted by molar-refractivity contribution is 7.12. The van der Waals surface area contributed by atoms with Gasteiger partial charge in [-0.05, 0) is 51.3 Å². The van der Waals surface area contributed by atoms with Crippen LogP contribution in [0.3, 0.4) is 0 Å². The molecule has 0 aliphatic heterocycles. The Balaban J connectivity index is 2.65. The van der Waals surface area contributed by atoms with Gasteiger partial charge in [-0.15, -0.1) is 11.3 Å². The van der Waals surface area contributed by atoms with Crippen LogP contribution in [0.1, 0.15) is 48.0 Å². The average molecular weight is 225 g/mol. The Morgan fingerprint density at radius 3 is 2.33 bits per heavy atom. The molecule has 1 heterocycles. The normalized spacial score (nSPS) is 13.5. The second-order valence-electron chi connectivity index (χ2n) is 4.70. The molecule has 1 unspecified atom stereocenters. The van der Waals surface area contributed by atoms with Gasteiger partial charge in [0.05, 0.1) is 0 Å². The molecule has 0 radical (unpaired) electrons. The molecule has 0 aliphatic rings. The predicted octanol–water partition coefficient (Wildman–Crippen LogP) is 4.06. The van der Waals surface area contributed by atoms with Crippen molar-refractivity contribution in [2.24, 2.45) is 5.92 Å². The highest BCUT2D eigenvalue weighted by Crippen LogP contribution is 2.29. The van der Waals surface area contributed by atoms with Gasteiger partial charge in [0.2, 0.25) is 0 Å². The van der Waals surface area contributed by atoms with E-state index < -0.39 is 0 Å². The molecule has 15 heavy (non-hydrogen) atoms. The van der Waals surface area contributed by atoms with Crippen molar-refractivity contribution in [3.05, 3.63) is 21.4 Å². The standard InChI is InChI=1S/C13H23NS/c1-9(2)6-7-12(14-5)13-8-10(3)11(4)15-13/h8-9,12,14H,6-7H2,1-5H3. The molecule has 1 aromatic heterocycles. The monoisotopic (exact) mass is 225 g/mol. The summed E-state index contributed by atoms with van der Waals surface area (Å²) in [4.78, 5) is 2.95. The number of hydrogen-bond donors (Lipinski definition) is 1. The second kappa shape index (κ2) is 5.66. The molecule has 1 rings (SSSR count). The van der Waals surface area contributed by atoms with E-state index in [1.807, 2.05) is 11.3 Å². The SMILES string of the molecule is CNC(CCC(C)C)c1cc(C)c(C)s1. The lowest BCUT2D eigenvalue weighted by Gasteiger charge is -2.15. The fourth-order valence-corrected chi connectivity index (χ4v) is 2.89. The minimum atomic E-state index is 0.546. The highest BCUT2D eigenvalue weighted by atomic mass is 32.1. The van der Waals surface area contributed by atoms with Gasteiger partial charge in [0.25, 0.3) is 0 Å². The van der Waals surface area contributed by atoms with Crippen molar-refractivity contribution in [2.45, 2.75) is 46.6 Å². The van der Waals surface area contributed by atoms with Crippen molar-refractivity contribution >= 4 is 11.3 Å². The topological polar surface area (TPSA) is 12.0 Å². The molecule has 0 spiro atoms. The van der Waals surface area contributed by atoms with Gasteiger partial charge in [0.1, 0.15) is 0 Å². The molecule has 1 nitrogen and oxygen atoms in total. The first kappa shape index (κ1) is 12.7. The fraction of sp³-hybridized carbons (Fsp3) is 0.692. The maximum Gasteiger partial charge on any atom is 0.0412 e. The molecule has 0 saturated carbocycles. The maximum atomic E-state index is 3.42. The third kappa shape index (κ3) is 3.62. The predicted molar refractivity (Wildman–Crippen MR) is 69.7 cm³/mol. The quantitative estimate of drug-likeness (QED) is 0.797. The van der Waals surface area contributed by atoms with Crippen LogP contribution in [0.25, 0.3) is 0 Å². The van der Waals surface area contributed by atoms with Crippen LogP contribution in [0.15, 0.2) is 6.07 Å². The van der Waals surface area contributed by atoms with Crippen molar-refractivity contribution in [3.8, 4) is 0 Å². The van der Waals surface area contributed by atoms with Crippen LogP contribution in [0, 0.1) is 19.8 Å². The van der Waals surface area contributed by atoms with Gasteiger partial charge in [0.15, 0.2) is 0 Å². The lowest BCUT2D eigenvalue weighted by atomic mass is 10.0. The van der Waals surface area contributed by atoms with Gasteiger partial charge in [-0.3, -0.25) is 0 Å². The summed E-state index contributed by atoms with van der Waals surface area (Å²) in [6, 6.07) is 2.88. The summed E-state index contributed by atoms with van der Waals surface area (Å²) in [7, 11) is 2.06. The molecule has 0 bridgehead atoms. The van der Waals surface area contributed by atoms with Crippen molar-refractivity contribution in [1.82, 2.24) is 5.32 Å². The Morgan fingerprint density at radius 1 is 1.27 bits per heavy atom. The Labute approximate surface area is 97.9 Å². The molecule has 1 aromatic rings. The Hall–Kier alpha value is -0.340. The van der Waals surface area contributed by atoms with Crippen LogP contribution < -0.4 is 5.32 Å². The minimum Gasteiger partial charge on any atom is -0.312 e. The summed E-state index contributed by atoms with van der Waals surface area (Å²) in [6.07, 6.45) is 2.54. The van der Waals surface area contributed by atoms with E-state index in [0.717, 1.165) is 5.92 Å². The van der Waals surface area contributed by atoms with Crippen LogP contribution in [-0.2, 0) is 0 Å². The first-order valence-corrected chi connectivity index (χ1v) is 6.60. The number of hydrogen-bond acceptors (Lipinski definition) is 2. The molecule has 1 atom stereocenters. The van der Waals surface area contributed by atoms with Gasteiger partial charge < -0.3 is 5.32 Å². The van der Waals surface area contributed by atoms with Gasteiger partial charge in [-0.1, -0.05) is 13.8 Å². The first-order chi connectivity index (χ1) is 7.04. The van der Waals surface area contributed by atoms with Crippen molar-refractivity contribution in [2.75, 3.05) is 7.05 Å². The molecule has 0 saturated heterocycles. The Kier molecular flexibility index (Phi) is 4.81. The van der Waals surface area contributed by atoms with Gasteiger partial charge >= 0.3 is 0 Å². The van der Waals surface area contributed by atoms with Gasteiger partial charge in [-0.2, -0.15) is 0 Å². The van der Waals surface area contributed by atoms with Crippen molar-refractivity contribution in [3.63, 3.8) is 0 Å². The Morgan fingerprint density at radius 2 is 1.93 bits per heavy atom. The van der Waals surface area contributed by atoms with Gasteiger partial charge in [0, 0.05) is 15.8 Å². The van der Waals surface area contributed by atoms with Crippen LogP contribution in [0.5, 0.6) is 0 Å². The molecule has 0 amide bonds. The molecule has 0 aromatic carbocycles. The van der Waals surface area contributed by atoms with E-state index in [-0.39, 0.29) is 0 Å². The van der Waals surface area contributed by atoms with E-state index >= 15 is 0 Å². The van der Waals surface area contributed by atoms with E-state index in [9.17, 15) is 0 Å².